The molecule has 0 aromatic carbocycles. The lowest BCUT2D eigenvalue weighted by Gasteiger charge is -2.12. The summed E-state index contributed by atoms with van der Waals surface area (Å²) in [6, 6.07) is 0. The van der Waals surface area contributed by atoms with Gasteiger partial charge < -0.3 is 5.32 Å². The Morgan fingerprint density at radius 2 is 2.43 bits per heavy atom. The molecule has 74 valence electrons. The van der Waals surface area contributed by atoms with Crippen molar-refractivity contribution in [2.45, 2.75) is 0 Å². The first-order valence-corrected chi connectivity index (χ1v) is 6.26. The van der Waals surface area contributed by atoms with Crippen molar-refractivity contribution in [2.75, 3.05) is 6.26 Å². The highest BCUT2D eigenvalue weighted by atomic mass is 127. The molecule has 1 heterocycles. The normalized spacial score (nSPS) is 21.4. The van der Waals surface area contributed by atoms with Crippen LogP contribution >= 0.6 is 34.4 Å². The summed E-state index contributed by atoms with van der Waals surface area (Å²) < 4.78 is 1.86. The van der Waals surface area contributed by atoms with Crippen LogP contribution in [0.2, 0.25) is 0 Å². The van der Waals surface area contributed by atoms with E-state index >= 15 is 0 Å². The van der Waals surface area contributed by atoms with Crippen molar-refractivity contribution in [3.8, 4) is 0 Å². The van der Waals surface area contributed by atoms with Gasteiger partial charge in [0, 0.05) is 11.6 Å². The molecule has 3 nitrogen and oxygen atoms in total. The molecule has 0 spiro atoms. The van der Waals surface area contributed by atoms with E-state index in [1.807, 2.05) is 10.3 Å². The van der Waals surface area contributed by atoms with E-state index < -0.39 is 0 Å². The van der Waals surface area contributed by atoms with Gasteiger partial charge in [-0.15, -0.1) is 11.8 Å². The van der Waals surface area contributed by atoms with Gasteiger partial charge in [-0.3, -0.25) is 4.79 Å². The van der Waals surface area contributed by atoms with Crippen LogP contribution in [0.1, 0.15) is 0 Å². The smallest absolute Gasteiger partial charge is 0.249 e. The van der Waals surface area contributed by atoms with Crippen LogP contribution in [0.4, 0.5) is 0 Å². The first-order valence-electron chi connectivity index (χ1n) is 3.78. The summed E-state index contributed by atoms with van der Waals surface area (Å²) in [5.41, 5.74) is 0.889. The number of nitrogens with zero attached hydrogens (tertiary/aromatic N) is 1. The van der Waals surface area contributed by atoms with Crippen LogP contribution in [0.15, 0.2) is 38.4 Å². The number of hydrogen-bond acceptors (Lipinski definition) is 3. The molecule has 1 amide bonds. The van der Waals surface area contributed by atoms with Crippen molar-refractivity contribution in [3.63, 3.8) is 0 Å². The van der Waals surface area contributed by atoms with E-state index in [1.54, 1.807) is 6.08 Å². The number of rotatable bonds is 2. The zero-order valence-electron chi connectivity index (χ0n) is 7.58. The van der Waals surface area contributed by atoms with Gasteiger partial charge in [-0.1, -0.05) is 29.2 Å². The van der Waals surface area contributed by atoms with Gasteiger partial charge in [0.1, 0.15) is 5.84 Å². The summed E-state index contributed by atoms with van der Waals surface area (Å²) in [5.74, 6) is 0.408. The van der Waals surface area contributed by atoms with E-state index in [1.165, 1.54) is 17.8 Å². The highest BCUT2D eigenvalue weighted by Crippen LogP contribution is 2.14. The Kier molecular flexibility index (Phi) is 4.40. The number of amidine groups is 1. The van der Waals surface area contributed by atoms with Crippen LogP contribution < -0.4 is 5.32 Å². The van der Waals surface area contributed by atoms with Crippen molar-refractivity contribution < 1.29 is 4.79 Å². The minimum absolute atomic E-state index is 0.153. The Bertz CT molecular complexity index is 358. The van der Waals surface area contributed by atoms with E-state index in [9.17, 15) is 4.79 Å². The van der Waals surface area contributed by atoms with Gasteiger partial charge in [0.15, 0.2) is 0 Å². The molecule has 1 aliphatic heterocycles. The summed E-state index contributed by atoms with van der Waals surface area (Å²) in [6.07, 6.45) is 5.10. The molecule has 0 aromatic rings. The molecule has 1 aliphatic rings. The van der Waals surface area contributed by atoms with Gasteiger partial charge in [-0.2, -0.15) is 0 Å². The first kappa shape index (κ1) is 11.5. The third-order valence-electron chi connectivity index (χ3n) is 1.52. The van der Waals surface area contributed by atoms with Gasteiger partial charge in [0.25, 0.3) is 0 Å². The maximum absolute atomic E-state index is 11.1. The fourth-order valence-electron chi connectivity index (χ4n) is 0.826. The molecular weight excluding hydrogens is 311 g/mol. The Morgan fingerprint density at radius 1 is 1.71 bits per heavy atom. The van der Waals surface area contributed by atoms with Crippen molar-refractivity contribution in [2.24, 2.45) is 4.99 Å². The van der Waals surface area contributed by atoms with E-state index in [-0.39, 0.29) is 5.91 Å². The SMILES string of the molecule is C=C(N=C1NC(=O)C=C/C1=C/I)SC. The third kappa shape index (κ3) is 2.98. The van der Waals surface area contributed by atoms with Crippen LogP contribution in [0.25, 0.3) is 0 Å². The van der Waals surface area contributed by atoms with Crippen molar-refractivity contribution in [1.82, 2.24) is 5.32 Å². The van der Waals surface area contributed by atoms with Gasteiger partial charge in [0.2, 0.25) is 5.91 Å². The quantitative estimate of drug-likeness (QED) is 0.793. The second-order valence-corrected chi connectivity index (χ2v) is 3.95. The average Bonchev–Trinajstić information content (AvgIpc) is 2.18. The lowest BCUT2D eigenvalue weighted by Crippen LogP contribution is -2.33. The first-order chi connectivity index (χ1) is 6.67. The highest BCUT2D eigenvalue weighted by molar-refractivity contribution is 14.1. The zero-order valence-corrected chi connectivity index (χ0v) is 10.6. The molecule has 1 N–H and O–H groups in total. The molecule has 0 saturated heterocycles. The molecule has 0 aromatic heterocycles. The standard InChI is InChI=1S/C9H9IN2OS/c1-6(14-2)11-9-7(5-10)3-4-8(13)12-9/h3-5H,1H2,2H3,(H,11,12,13)/b7-5-. The van der Waals surface area contributed by atoms with Crippen LogP contribution in [-0.4, -0.2) is 18.0 Å². The number of hydrogen-bond donors (Lipinski definition) is 1. The van der Waals surface area contributed by atoms with Crippen LogP contribution in [-0.2, 0) is 4.79 Å². The lowest BCUT2D eigenvalue weighted by molar-refractivity contribution is -0.115. The molecule has 0 unspecified atom stereocenters. The van der Waals surface area contributed by atoms with Gasteiger partial charge in [-0.05, 0) is 16.4 Å². The monoisotopic (exact) mass is 320 g/mol. The number of carbonyl (C=O) groups is 1. The summed E-state index contributed by atoms with van der Waals surface area (Å²) in [5, 5.41) is 3.33. The van der Waals surface area contributed by atoms with Crippen molar-refractivity contribution in [3.05, 3.63) is 33.4 Å². The number of thioether (sulfide) groups is 1. The number of nitrogens with one attached hydrogen (secondary N) is 1. The Labute approximate surface area is 101 Å². The largest absolute Gasteiger partial charge is 0.307 e. The number of carbonyl (C=O) groups excluding carboxylic acids is 1. The second-order valence-electron chi connectivity index (χ2n) is 2.45. The third-order valence-corrected chi connectivity index (χ3v) is 2.75. The predicted molar refractivity (Wildman–Crippen MR) is 69.5 cm³/mol. The minimum Gasteiger partial charge on any atom is -0.307 e. The molecule has 0 aliphatic carbocycles. The summed E-state index contributed by atoms with van der Waals surface area (Å²) in [7, 11) is 0. The van der Waals surface area contributed by atoms with Crippen LogP contribution in [0.5, 0.6) is 0 Å². The zero-order chi connectivity index (χ0) is 10.6. The molecule has 0 fully saturated rings. The van der Waals surface area contributed by atoms with Gasteiger partial charge >= 0.3 is 0 Å². The van der Waals surface area contributed by atoms with Gasteiger partial charge in [-0.25, -0.2) is 4.99 Å². The number of halogens is 1. The molecule has 0 radical (unpaired) electrons. The molecule has 0 saturated carbocycles. The fraction of sp³-hybridized carbons (Fsp3) is 0.111. The second kappa shape index (κ2) is 5.35. The average molecular weight is 320 g/mol. The summed E-state index contributed by atoms with van der Waals surface area (Å²) in [4.78, 5) is 15.2. The molecule has 0 atom stereocenters. The Balaban J connectivity index is 2.97. The molecule has 1 rings (SSSR count). The van der Waals surface area contributed by atoms with Crippen molar-refractivity contribution >= 4 is 46.1 Å². The van der Waals surface area contributed by atoms with Crippen molar-refractivity contribution in [1.29, 1.82) is 0 Å². The summed E-state index contributed by atoms with van der Waals surface area (Å²) in [6.45, 7) is 3.73. The van der Waals surface area contributed by atoms with E-state index in [2.05, 4.69) is 39.5 Å². The van der Waals surface area contributed by atoms with Crippen LogP contribution in [0, 0.1) is 0 Å². The Morgan fingerprint density at radius 3 is 3.00 bits per heavy atom. The molecular formula is C9H9IN2OS. The van der Waals surface area contributed by atoms with E-state index in [0.29, 0.717) is 10.9 Å². The number of aliphatic imine (C=N–C) groups is 1. The van der Waals surface area contributed by atoms with Gasteiger partial charge in [0.05, 0.1) is 5.03 Å². The molecule has 0 bridgehead atoms. The van der Waals surface area contributed by atoms with E-state index in [0.717, 1.165) is 5.57 Å². The number of amides is 1. The minimum atomic E-state index is -0.153. The fourth-order valence-corrected chi connectivity index (χ4v) is 1.51. The summed E-state index contributed by atoms with van der Waals surface area (Å²) >= 11 is 3.55. The predicted octanol–water partition coefficient (Wildman–Crippen LogP) is 2.22. The maximum Gasteiger partial charge on any atom is 0.249 e. The molecule has 14 heavy (non-hydrogen) atoms. The van der Waals surface area contributed by atoms with E-state index in [4.69, 9.17) is 0 Å². The highest BCUT2D eigenvalue weighted by Gasteiger charge is 2.12. The maximum atomic E-state index is 11.1. The Hall–Kier alpha value is -0.560. The lowest BCUT2D eigenvalue weighted by atomic mass is 10.2. The molecule has 5 heteroatoms. The topological polar surface area (TPSA) is 41.5 Å². The van der Waals surface area contributed by atoms with Crippen LogP contribution in [0.3, 0.4) is 0 Å².